The van der Waals surface area contributed by atoms with Crippen LogP contribution in [0.3, 0.4) is 0 Å². The fourth-order valence-corrected chi connectivity index (χ4v) is 1.72. The van der Waals surface area contributed by atoms with Crippen LogP contribution in [0.15, 0.2) is 37.1 Å². The Morgan fingerprint density at radius 2 is 2.38 bits per heavy atom. The molecule has 1 amide bonds. The lowest BCUT2D eigenvalue weighted by Crippen LogP contribution is -2.22. The number of carbonyl (C=O) groups is 1. The van der Waals surface area contributed by atoms with E-state index in [2.05, 4.69) is 16.9 Å². The molecule has 0 aliphatic heterocycles. The van der Waals surface area contributed by atoms with Crippen LogP contribution in [0.4, 0.5) is 0 Å². The maximum atomic E-state index is 11.8. The van der Waals surface area contributed by atoms with Gasteiger partial charge in [0.2, 0.25) is 0 Å². The Labute approximate surface area is 98.1 Å². The van der Waals surface area contributed by atoms with E-state index in [1.165, 1.54) is 0 Å². The first-order chi connectivity index (χ1) is 7.72. The molecule has 0 aliphatic carbocycles. The number of amides is 1. The first-order valence-electron chi connectivity index (χ1n) is 4.88. The van der Waals surface area contributed by atoms with E-state index in [0.717, 1.165) is 10.9 Å². The lowest BCUT2D eigenvalue weighted by Gasteiger charge is -2.00. The summed E-state index contributed by atoms with van der Waals surface area (Å²) in [6.07, 6.45) is 3.32. The molecular weight excluding hydrogens is 224 g/mol. The van der Waals surface area contributed by atoms with Gasteiger partial charge in [0.15, 0.2) is 0 Å². The van der Waals surface area contributed by atoms with Gasteiger partial charge in [0.1, 0.15) is 0 Å². The Kier molecular flexibility index (Phi) is 2.97. The number of fused-ring (bicyclic) bond motifs is 1. The minimum absolute atomic E-state index is 0.117. The van der Waals surface area contributed by atoms with Crippen molar-refractivity contribution in [1.82, 2.24) is 10.3 Å². The maximum Gasteiger partial charge on any atom is 0.253 e. The summed E-state index contributed by atoms with van der Waals surface area (Å²) in [6, 6.07) is 5.39. The van der Waals surface area contributed by atoms with Crippen molar-refractivity contribution in [3.8, 4) is 0 Å². The van der Waals surface area contributed by atoms with E-state index in [1.807, 2.05) is 6.07 Å². The van der Waals surface area contributed by atoms with E-state index in [-0.39, 0.29) is 5.91 Å². The van der Waals surface area contributed by atoms with Crippen LogP contribution in [-0.2, 0) is 0 Å². The molecule has 1 aromatic heterocycles. The van der Waals surface area contributed by atoms with Crippen molar-refractivity contribution in [3.63, 3.8) is 0 Å². The molecule has 0 unspecified atom stereocenters. The topological polar surface area (TPSA) is 44.9 Å². The molecule has 4 heteroatoms. The molecule has 0 spiro atoms. The number of benzene rings is 1. The van der Waals surface area contributed by atoms with Crippen LogP contribution in [0.5, 0.6) is 0 Å². The van der Waals surface area contributed by atoms with Crippen molar-refractivity contribution in [2.24, 2.45) is 0 Å². The largest absolute Gasteiger partial charge is 0.360 e. The fourth-order valence-electron chi connectivity index (χ4n) is 1.55. The maximum absolute atomic E-state index is 11.8. The van der Waals surface area contributed by atoms with Gasteiger partial charge in [-0.15, -0.1) is 6.58 Å². The van der Waals surface area contributed by atoms with Gasteiger partial charge in [0, 0.05) is 28.7 Å². The van der Waals surface area contributed by atoms with E-state index in [0.29, 0.717) is 17.1 Å². The Morgan fingerprint density at radius 1 is 1.56 bits per heavy atom. The molecule has 2 aromatic rings. The van der Waals surface area contributed by atoms with Crippen molar-refractivity contribution < 1.29 is 4.79 Å². The number of aromatic amines is 1. The van der Waals surface area contributed by atoms with Crippen LogP contribution in [0.2, 0.25) is 5.02 Å². The predicted molar refractivity (Wildman–Crippen MR) is 65.8 cm³/mol. The molecule has 82 valence electrons. The van der Waals surface area contributed by atoms with Crippen LogP contribution in [0.1, 0.15) is 10.4 Å². The fraction of sp³-hybridized carbons (Fsp3) is 0.0833. The average molecular weight is 235 g/mol. The van der Waals surface area contributed by atoms with Crippen LogP contribution in [0, 0.1) is 0 Å². The third kappa shape index (κ3) is 1.95. The quantitative estimate of drug-likeness (QED) is 0.788. The summed E-state index contributed by atoms with van der Waals surface area (Å²) < 4.78 is 0. The van der Waals surface area contributed by atoms with Crippen LogP contribution in [0.25, 0.3) is 10.9 Å². The van der Waals surface area contributed by atoms with Crippen molar-refractivity contribution >= 4 is 28.4 Å². The number of nitrogens with one attached hydrogen (secondary N) is 2. The molecule has 16 heavy (non-hydrogen) atoms. The lowest BCUT2D eigenvalue weighted by atomic mass is 10.1. The monoisotopic (exact) mass is 234 g/mol. The zero-order valence-corrected chi connectivity index (χ0v) is 9.34. The van der Waals surface area contributed by atoms with Crippen LogP contribution >= 0.6 is 11.6 Å². The smallest absolute Gasteiger partial charge is 0.253 e. The highest BCUT2D eigenvalue weighted by Crippen LogP contribution is 2.21. The van der Waals surface area contributed by atoms with Gasteiger partial charge in [0.25, 0.3) is 5.91 Å². The summed E-state index contributed by atoms with van der Waals surface area (Å²) in [6.45, 7) is 4.01. The minimum Gasteiger partial charge on any atom is -0.360 e. The number of halogens is 1. The molecule has 0 saturated heterocycles. The first-order valence-corrected chi connectivity index (χ1v) is 5.26. The first kappa shape index (κ1) is 10.8. The van der Waals surface area contributed by atoms with Gasteiger partial charge in [-0.05, 0) is 12.1 Å². The van der Waals surface area contributed by atoms with E-state index in [4.69, 9.17) is 11.6 Å². The normalized spacial score (nSPS) is 10.3. The zero-order chi connectivity index (χ0) is 11.5. The summed E-state index contributed by atoms with van der Waals surface area (Å²) in [5.74, 6) is -0.117. The minimum atomic E-state index is -0.117. The molecule has 0 saturated carbocycles. The standard InChI is InChI=1S/C12H11ClN2O/c1-2-5-14-12(16)10-7-15-11-6-8(13)3-4-9(10)11/h2-4,6-7,15H,1,5H2,(H,14,16). The molecule has 0 radical (unpaired) electrons. The SMILES string of the molecule is C=CCNC(=O)c1c[nH]c2cc(Cl)ccc12. The second kappa shape index (κ2) is 4.41. The van der Waals surface area contributed by atoms with Gasteiger partial charge in [-0.1, -0.05) is 23.7 Å². The van der Waals surface area contributed by atoms with Gasteiger partial charge in [-0.2, -0.15) is 0 Å². The van der Waals surface area contributed by atoms with Gasteiger partial charge < -0.3 is 10.3 Å². The number of H-pyrrole nitrogens is 1. The molecule has 1 aromatic carbocycles. The third-order valence-electron chi connectivity index (χ3n) is 2.30. The number of aromatic nitrogens is 1. The van der Waals surface area contributed by atoms with Gasteiger partial charge in [0.05, 0.1) is 5.56 Å². The van der Waals surface area contributed by atoms with Crippen LogP contribution in [-0.4, -0.2) is 17.4 Å². The predicted octanol–water partition coefficient (Wildman–Crippen LogP) is 2.74. The molecule has 3 nitrogen and oxygen atoms in total. The van der Waals surface area contributed by atoms with Crippen molar-refractivity contribution in [2.75, 3.05) is 6.54 Å². The van der Waals surface area contributed by atoms with E-state index in [9.17, 15) is 4.79 Å². The van der Waals surface area contributed by atoms with Gasteiger partial charge in [-0.3, -0.25) is 4.79 Å². The average Bonchev–Trinajstić information content (AvgIpc) is 2.68. The number of hydrogen-bond donors (Lipinski definition) is 2. The highest BCUT2D eigenvalue weighted by atomic mass is 35.5. The van der Waals surface area contributed by atoms with E-state index >= 15 is 0 Å². The number of rotatable bonds is 3. The van der Waals surface area contributed by atoms with E-state index < -0.39 is 0 Å². The second-order valence-corrected chi connectivity index (χ2v) is 3.83. The number of carbonyl (C=O) groups excluding carboxylic acids is 1. The molecule has 0 bridgehead atoms. The molecule has 0 atom stereocenters. The zero-order valence-electron chi connectivity index (χ0n) is 8.59. The third-order valence-corrected chi connectivity index (χ3v) is 2.53. The Hall–Kier alpha value is -1.74. The summed E-state index contributed by atoms with van der Waals surface area (Å²) in [7, 11) is 0. The summed E-state index contributed by atoms with van der Waals surface area (Å²) in [5, 5.41) is 4.24. The highest BCUT2D eigenvalue weighted by molar-refractivity contribution is 6.31. The molecular formula is C12H11ClN2O. The molecule has 2 rings (SSSR count). The lowest BCUT2D eigenvalue weighted by molar-refractivity contribution is 0.0959. The van der Waals surface area contributed by atoms with Crippen molar-refractivity contribution in [3.05, 3.63) is 47.6 Å². The Morgan fingerprint density at radius 3 is 3.12 bits per heavy atom. The summed E-state index contributed by atoms with van der Waals surface area (Å²) in [5.41, 5.74) is 1.48. The molecule has 2 N–H and O–H groups in total. The Balaban J connectivity index is 2.38. The Bertz CT molecular complexity index is 545. The van der Waals surface area contributed by atoms with Crippen molar-refractivity contribution in [2.45, 2.75) is 0 Å². The van der Waals surface area contributed by atoms with E-state index in [1.54, 1.807) is 24.4 Å². The van der Waals surface area contributed by atoms with Crippen molar-refractivity contribution in [1.29, 1.82) is 0 Å². The number of hydrogen-bond acceptors (Lipinski definition) is 1. The molecule has 1 heterocycles. The second-order valence-electron chi connectivity index (χ2n) is 3.39. The molecule has 0 aliphatic rings. The van der Waals surface area contributed by atoms with Gasteiger partial charge in [-0.25, -0.2) is 0 Å². The summed E-state index contributed by atoms with van der Waals surface area (Å²) in [4.78, 5) is 14.8. The molecule has 0 fully saturated rings. The van der Waals surface area contributed by atoms with Gasteiger partial charge >= 0.3 is 0 Å². The highest BCUT2D eigenvalue weighted by Gasteiger charge is 2.10. The van der Waals surface area contributed by atoms with Crippen LogP contribution < -0.4 is 5.32 Å². The summed E-state index contributed by atoms with van der Waals surface area (Å²) >= 11 is 5.86.